The molecule has 1 rings (SSSR count). The summed E-state index contributed by atoms with van der Waals surface area (Å²) in [5.41, 5.74) is 0. The van der Waals surface area contributed by atoms with Crippen LogP contribution in [0.15, 0.2) is 0 Å². The summed E-state index contributed by atoms with van der Waals surface area (Å²) in [6.07, 6.45) is 5.51. The smallest absolute Gasteiger partial charge is 0.166 e. The summed E-state index contributed by atoms with van der Waals surface area (Å²) in [4.78, 5) is 0. The van der Waals surface area contributed by atoms with Crippen molar-refractivity contribution in [2.24, 2.45) is 5.92 Å². The lowest BCUT2D eigenvalue weighted by atomic mass is 10.0. The van der Waals surface area contributed by atoms with Crippen LogP contribution < -0.4 is 10.6 Å². The topological polar surface area (TPSA) is 24.1 Å². The van der Waals surface area contributed by atoms with Gasteiger partial charge in [-0.3, -0.25) is 0 Å². The molecule has 0 bridgehead atoms. The maximum Gasteiger partial charge on any atom is 0.166 e. The predicted molar refractivity (Wildman–Crippen MR) is 56.2 cm³/mol. The Morgan fingerprint density at radius 2 is 2.00 bits per heavy atom. The molecule has 1 fully saturated rings. The normalized spacial score (nSPS) is 20.5. The van der Waals surface area contributed by atoms with Crippen molar-refractivity contribution in [3.05, 3.63) is 0 Å². The Morgan fingerprint density at radius 3 is 2.50 bits per heavy atom. The molecule has 3 heteroatoms. The average Bonchev–Trinajstić information content (AvgIpc) is 2.56. The van der Waals surface area contributed by atoms with E-state index >= 15 is 0 Å². The van der Waals surface area contributed by atoms with Crippen molar-refractivity contribution >= 4 is 17.3 Å². The van der Waals surface area contributed by atoms with Crippen LogP contribution in [-0.4, -0.2) is 18.2 Å². The lowest BCUT2D eigenvalue weighted by Crippen LogP contribution is -2.41. The molecule has 1 saturated carbocycles. The van der Waals surface area contributed by atoms with Gasteiger partial charge in [0.15, 0.2) is 5.11 Å². The van der Waals surface area contributed by atoms with Gasteiger partial charge in [-0.05, 0) is 37.9 Å². The van der Waals surface area contributed by atoms with Gasteiger partial charge in [-0.25, -0.2) is 0 Å². The highest BCUT2D eigenvalue weighted by Gasteiger charge is 2.21. The summed E-state index contributed by atoms with van der Waals surface area (Å²) >= 11 is 5.04. The molecule has 1 aliphatic rings. The molecule has 0 radical (unpaired) electrons. The van der Waals surface area contributed by atoms with Crippen molar-refractivity contribution in [3.63, 3.8) is 0 Å². The van der Waals surface area contributed by atoms with E-state index in [1.54, 1.807) is 0 Å². The van der Waals surface area contributed by atoms with Crippen LogP contribution in [0.25, 0.3) is 0 Å². The molecular formula is C9H18N2S. The van der Waals surface area contributed by atoms with Crippen LogP contribution in [0.5, 0.6) is 0 Å². The van der Waals surface area contributed by atoms with Crippen molar-refractivity contribution < 1.29 is 0 Å². The van der Waals surface area contributed by atoms with Crippen LogP contribution in [0.1, 0.15) is 32.6 Å². The summed E-state index contributed by atoms with van der Waals surface area (Å²) in [5, 5.41) is 7.00. The van der Waals surface area contributed by atoms with Crippen LogP contribution >= 0.6 is 12.2 Å². The number of rotatable bonds is 2. The summed E-state index contributed by atoms with van der Waals surface area (Å²) in [7, 11) is 1.86. The first-order valence-corrected chi connectivity index (χ1v) is 5.13. The van der Waals surface area contributed by atoms with Gasteiger partial charge in [-0.15, -0.1) is 0 Å². The van der Waals surface area contributed by atoms with Gasteiger partial charge < -0.3 is 10.6 Å². The highest BCUT2D eigenvalue weighted by molar-refractivity contribution is 7.80. The Labute approximate surface area is 80.1 Å². The fourth-order valence-electron chi connectivity index (χ4n) is 1.85. The fraction of sp³-hybridized carbons (Fsp3) is 0.889. The molecule has 0 spiro atoms. The molecule has 12 heavy (non-hydrogen) atoms. The molecule has 1 aliphatic carbocycles. The summed E-state index contributed by atoms with van der Waals surface area (Å²) in [6.45, 7) is 2.22. The second kappa shape index (κ2) is 4.65. The van der Waals surface area contributed by atoms with E-state index in [9.17, 15) is 0 Å². The summed E-state index contributed by atoms with van der Waals surface area (Å²) < 4.78 is 0. The van der Waals surface area contributed by atoms with Crippen molar-refractivity contribution in [2.45, 2.75) is 38.6 Å². The Kier molecular flexibility index (Phi) is 3.79. The molecule has 0 aliphatic heterocycles. The summed E-state index contributed by atoms with van der Waals surface area (Å²) in [5.74, 6) is 0.830. The molecule has 1 atom stereocenters. The van der Waals surface area contributed by atoms with Gasteiger partial charge in [0.2, 0.25) is 0 Å². The van der Waals surface area contributed by atoms with Gasteiger partial charge in [-0.2, -0.15) is 0 Å². The van der Waals surface area contributed by atoms with E-state index in [0.29, 0.717) is 6.04 Å². The first kappa shape index (κ1) is 9.78. The Balaban J connectivity index is 2.26. The van der Waals surface area contributed by atoms with Crippen molar-refractivity contribution in [2.75, 3.05) is 7.05 Å². The number of nitrogens with one attached hydrogen (secondary N) is 2. The third-order valence-electron chi connectivity index (χ3n) is 2.69. The fourth-order valence-corrected chi connectivity index (χ4v) is 2.04. The number of thiocarbonyl (C=S) groups is 1. The van der Waals surface area contributed by atoms with Crippen molar-refractivity contribution in [1.82, 2.24) is 10.6 Å². The molecular weight excluding hydrogens is 168 g/mol. The van der Waals surface area contributed by atoms with E-state index < -0.39 is 0 Å². The van der Waals surface area contributed by atoms with Crippen LogP contribution in [-0.2, 0) is 0 Å². The third-order valence-corrected chi connectivity index (χ3v) is 3.01. The Morgan fingerprint density at radius 1 is 1.42 bits per heavy atom. The molecule has 0 aromatic rings. The second-order valence-electron chi connectivity index (χ2n) is 3.56. The van der Waals surface area contributed by atoms with Crippen LogP contribution in [0.2, 0.25) is 0 Å². The Hall–Kier alpha value is -0.310. The highest BCUT2D eigenvalue weighted by Crippen LogP contribution is 2.27. The minimum atomic E-state index is 0.535. The SMILES string of the molecule is CNC(=S)NC(C)C1CCCC1. The Bertz CT molecular complexity index is 153. The molecule has 0 saturated heterocycles. The highest BCUT2D eigenvalue weighted by atomic mass is 32.1. The zero-order valence-corrected chi connectivity index (χ0v) is 8.71. The summed E-state index contributed by atoms with van der Waals surface area (Å²) in [6, 6.07) is 0.535. The van der Waals surface area contributed by atoms with E-state index in [4.69, 9.17) is 12.2 Å². The molecule has 70 valence electrons. The molecule has 0 aromatic heterocycles. The van der Waals surface area contributed by atoms with Crippen LogP contribution in [0.4, 0.5) is 0 Å². The number of hydrogen-bond donors (Lipinski definition) is 2. The monoisotopic (exact) mass is 186 g/mol. The van der Waals surface area contributed by atoms with Gasteiger partial charge in [0.1, 0.15) is 0 Å². The first-order valence-electron chi connectivity index (χ1n) is 4.72. The second-order valence-corrected chi connectivity index (χ2v) is 3.96. The standard InChI is InChI=1S/C9H18N2S/c1-7(11-9(12)10-2)8-5-3-4-6-8/h7-8H,3-6H2,1-2H3,(H2,10,11,12). The average molecular weight is 186 g/mol. The largest absolute Gasteiger partial charge is 0.366 e. The molecule has 0 aromatic carbocycles. The van der Waals surface area contributed by atoms with E-state index in [1.165, 1.54) is 25.7 Å². The molecule has 1 unspecified atom stereocenters. The lowest BCUT2D eigenvalue weighted by Gasteiger charge is -2.21. The zero-order chi connectivity index (χ0) is 8.97. The molecule has 2 nitrogen and oxygen atoms in total. The predicted octanol–water partition coefficient (Wildman–Crippen LogP) is 1.66. The molecule has 0 amide bonds. The van der Waals surface area contributed by atoms with Gasteiger partial charge in [0.05, 0.1) is 0 Å². The van der Waals surface area contributed by atoms with Gasteiger partial charge in [0.25, 0.3) is 0 Å². The maximum atomic E-state index is 5.04. The number of hydrogen-bond acceptors (Lipinski definition) is 1. The lowest BCUT2D eigenvalue weighted by molar-refractivity contribution is 0.425. The van der Waals surface area contributed by atoms with Crippen molar-refractivity contribution in [1.29, 1.82) is 0 Å². The molecule has 2 N–H and O–H groups in total. The van der Waals surface area contributed by atoms with Crippen LogP contribution in [0, 0.1) is 5.92 Å². The van der Waals surface area contributed by atoms with E-state index in [-0.39, 0.29) is 0 Å². The quantitative estimate of drug-likeness (QED) is 0.641. The van der Waals surface area contributed by atoms with E-state index in [0.717, 1.165) is 11.0 Å². The van der Waals surface area contributed by atoms with E-state index in [2.05, 4.69) is 17.6 Å². The maximum absolute atomic E-state index is 5.04. The van der Waals surface area contributed by atoms with Gasteiger partial charge >= 0.3 is 0 Å². The van der Waals surface area contributed by atoms with Gasteiger partial charge in [0, 0.05) is 13.1 Å². The van der Waals surface area contributed by atoms with Crippen molar-refractivity contribution in [3.8, 4) is 0 Å². The van der Waals surface area contributed by atoms with E-state index in [1.807, 2.05) is 7.05 Å². The minimum absolute atomic E-state index is 0.535. The molecule has 0 heterocycles. The first-order chi connectivity index (χ1) is 5.74. The third kappa shape index (κ3) is 2.63. The van der Waals surface area contributed by atoms with Gasteiger partial charge in [-0.1, -0.05) is 12.8 Å². The minimum Gasteiger partial charge on any atom is -0.366 e. The van der Waals surface area contributed by atoms with Crippen LogP contribution in [0.3, 0.4) is 0 Å². The zero-order valence-electron chi connectivity index (χ0n) is 7.89.